The lowest BCUT2D eigenvalue weighted by Gasteiger charge is -2.34. The van der Waals surface area contributed by atoms with Gasteiger partial charge in [-0.2, -0.15) is 0 Å². The maximum absolute atomic E-state index is 11.9. The van der Waals surface area contributed by atoms with Crippen LogP contribution in [-0.2, 0) is 9.63 Å². The van der Waals surface area contributed by atoms with Crippen molar-refractivity contribution in [1.29, 1.82) is 0 Å². The Hall–Kier alpha value is -1.72. The van der Waals surface area contributed by atoms with Crippen LogP contribution in [-0.4, -0.2) is 54.4 Å². The van der Waals surface area contributed by atoms with Crippen LogP contribution in [0.4, 0.5) is 0 Å². The molecule has 1 aromatic carbocycles. The lowest BCUT2D eigenvalue weighted by Crippen LogP contribution is -2.50. The monoisotopic (exact) mass is 262 g/mol. The molecule has 2 rings (SSSR count). The van der Waals surface area contributed by atoms with Crippen LogP contribution in [0.1, 0.15) is 17.3 Å². The van der Waals surface area contributed by atoms with Crippen molar-refractivity contribution in [3.05, 3.63) is 35.9 Å². The van der Waals surface area contributed by atoms with Gasteiger partial charge in [0.05, 0.1) is 11.6 Å². The highest BCUT2D eigenvalue weighted by molar-refractivity contribution is 5.89. The number of benzene rings is 1. The van der Waals surface area contributed by atoms with Crippen LogP contribution < -0.4 is 0 Å². The second kappa shape index (κ2) is 6.45. The molecule has 1 aromatic rings. The van der Waals surface area contributed by atoms with Crippen LogP contribution in [0.3, 0.4) is 0 Å². The number of rotatable bonds is 4. The number of aldehydes is 1. The van der Waals surface area contributed by atoms with Gasteiger partial charge in [0.15, 0.2) is 0 Å². The van der Waals surface area contributed by atoms with E-state index in [4.69, 9.17) is 4.84 Å². The Bertz CT molecular complexity index is 428. The minimum atomic E-state index is -0.336. The lowest BCUT2D eigenvalue weighted by atomic mass is 10.2. The Kier molecular flexibility index (Phi) is 4.65. The van der Waals surface area contributed by atoms with E-state index in [-0.39, 0.29) is 12.0 Å². The zero-order valence-electron chi connectivity index (χ0n) is 11.0. The second-order valence-corrected chi connectivity index (χ2v) is 4.59. The van der Waals surface area contributed by atoms with E-state index in [9.17, 15) is 9.59 Å². The number of hydroxylamine groups is 2. The second-order valence-electron chi connectivity index (χ2n) is 4.59. The quantitative estimate of drug-likeness (QED) is 0.757. The number of hydrogen-bond donors (Lipinski definition) is 0. The molecule has 5 heteroatoms. The molecular weight excluding hydrogens is 244 g/mol. The van der Waals surface area contributed by atoms with Gasteiger partial charge in [-0.25, -0.2) is 4.79 Å². The topological polar surface area (TPSA) is 49.9 Å². The van der Waals surface area contributed by atoms with Crippen molar-refractivity contribution in [3.63, 3.8) is 0 Å². The van der Waals surface area contributed by atoms with Crippen LogP contribution in [0.15, 0.2) is 30.3 Å². The van der Waals surface area contributed by atoms with Gasteiger partial charge in [0.25, 0.3) is 0 Å². The van der Waals surface area contributed by atoms with Crippen molar-refractivity contribution in [1.82, 2.24) is 9.96 Å². The van der Waals surface area contributed by atoms with Crippen molar-refractivity contribution in [2.24, 2.45) is 0 Å². The summed E-state index contributed by atoms with van der Waals surface area (Å²) in [6.45, 7) is 4.57. The summed E-state index contributed by atoms with van der Waals surface area (Å²) in [4.78, 5) is 29.9. The molecule has 0 amide bonds. The van der Waals surface area contributed by atoms with Gasteiger partial charge in [-0.15, -0.1) is 5.06 Å². The SMILES string of the molecule is CC(C=O)N1CCN(OC(=O)c2ccccc2)CC1. The van der Waals surface area contributed by atoms with E-state index in [1.165, 1.54) is 0 Å². The average Bonchev–Trinajstić information content (AvgIpc) is 2.48. The molecule has 1 saturated heterocycles. The van der Waals surface area contributed by atoms with Crippen molar-refractivity contribution in [2.45, 2.75) is 13.0 Å². The van der Waals surface area contributed by atoms with Crippen LogP contribution in [0.5, 0.6) is 0 Å². The molecule has 19 heavy (non-hydrogen) atoms. The van der Waals surface area contributed by atoms with Gasteiger partial charge in [0.1, 0.15) is 6.29 Å². The van der Waals surface area contributed by atoms with E-state index in [0.29, 0.717) is 18.7 Å². The van der Waals surface area contributed by atoms with Crippen molar-refractivity contribution >= 4 is 12.3 Å². The van der Waals surface area contributed by atoms with E-state index < -0.39 is 0 Å². The van der Waals surface area contributed by atoms with Gasteiger partial charge < -0.3 is 9.63 Å². The zero-order chi connectivity index (χ0) is 13.7. The van der Waals surface area contributed by atoms with Gasteiger partial charge in [-0.3, -0.25) is 4.90 Å². The summed E-state index contributed by atoms with van der Waals surface area (Å²) in [7, 11) is 0. The largest absolute Gasteiger partial charge is 0.364 e. The molecule has 0 saturated carbocycles. The van der Waals surface area contributed by atoms with Crippen molar-refractivity contribution in [2.75, 3.05) is 26.2 Å². The Morgan fingerprint density at radius 1 is 1.21 bits per heavy atom. The molecule has 0 aromatic heterocycles. The minimum absolute atomic E-state index is 0.0769. The van der Waals surface area contributed by atoms with Gasteiger partial charge >= 0.3 is 5.97 Å². The number of nitrogens with zero attached hydrogens (tertiary/aromatic N) is 2. The summed E-state index contributed by atoms with van der Waals surface area (Å²) >= 11 is 0. The number of carbonyl (C=O) groups excluding carboxylic acids is 2. The van der Waals surface area contributed by atoms with Gasteiger partial charge in [0.2, 0.25) is 0 Å². The highest BCUT2D eigenvalue weighted by Gasteiger charge is 2.23. The maximum Gasteiger partial charge on any atom is 0.357 e. The van der Waals surface area contributed by atoms with Crippen LogP contribution in [0.2, 0.25) is 0 Å². The Labute approximate surface area is 112 Å². The number of carbonyl (C=O) groups is 2. The molecule has 0 radical (unpaired) electrons. The minimum Gasteiger partial charge on any atom is -0.364 e. The smallest absolute Gasteiger partial charge is 0.357 e. The summed E-state index contributed by atoms with van der Waals surface area (Å²) < 4.78 is 0. The first-order valence-corrected chi connectivity index (χ1v) is 6.42. The fourth-order valence-electron chi connectivity index (χ4n) is 2.03. The Morgan fingerprint density at radius 2 is 1.84 bits per heavy atom. The highest BCUT2D eigenvalue weighted by Crippen LogP contribution is 2.08. The third-order valence-corrected chi connectivity index (χ3v) is 3.27. The standard InChI is InChI=1S/C14H18N2O3/c1-12(11-17)15-7-9-16(10-8-15)19-14(18)13-5-3-2-4-6-13/h2-6,11-12H,7-10H2,1H3. The lowest BCUT2D eigenvalue weighted by molar-refractivity contribution is -0.136. The zero-order valence-corrected chi connectivity index (χ0v) is 11.0. The predicted molar refractivity (Wildman–Crippen MR) is 70.5 cm³/mol. The van der Waals surface area contributed by atoms with Crippen molar-refractivity contribution in [3.8, 4) is 0 Å². The highest BCUT2D eigenvalue weighted by atomic mass is 16.7. The summed E-state index contributed by atoms with van der Waals surface area (Å²) in [6.07, 6.45) is 0.936. The van der Waals surface area contributed by atoms with Crippen LogP contribution in [0, 0.1) is 0 Å². The predicted octanol–water partition coefficient (Wildman–Crippen LogP) is 0.963. The summed E-state index contributed by atoms with van der Waals surface area (Å²) in [5.41, 5.74) is 0.547. The fourth-order valence-corrected chi connectivity index (χ4v) is 2.03. The van der Waals surface area contributed by atoms with E-state index in [1.54, 1.807) is 29.3 Å². The molecule has 0 spiro atoms. The molecule has 1 unspecified atom stereocenters. The summed E-state index contributed by atoms with van der Waals surface area (Å²) in [5, 5.41) is 1.66. The number of hydrogen-bond acceptors (Lipinski definition) is 5. The van der Waals surface area contributed by atoms with Crippen LogP contribution >= 0.6 is 0 Å². The maximum atomic E-state index is 11.9. The fraction of sp³-hybridized carbons (Fsp3) is 0.429. The van der Waals surface area contributed by atoms with E-state index in [2.05, 4.69) is 4.90 Å². The molecule has 1 aliphatic heterocycles. The molecule has 5 nitrogen and oxygen atoms in total. The average molecular weight is 262 g/mol. The third-order valence-electron chi connectivity index (χ3n) is 3.27. The van der Waals surface area contributed by atoms with Crippen LogP contribution in [0.25, 0.3) is 0 Å². The van der Waals surface area contributed by atoms with E-state index in [1.807, 2.05) is 13.0 Å². The Morgan fingerprint density at radius 3 is 2.42 bits per heavy atom. The summed E-state index contributed by atoms with van der Waals surface area (Å²) in [6, 6.07) is 8.85. The molecule has 102 valence electrons. The molecule has 1 atom stereocenters. The number of piperazine rings is 1. The van der Waals surface area contributed by atoms with Crippen molar-refractivity contribution < 1.29 is 14.4 Å². The molecule has 0 N–H and O–H groups in total. The third kappa shape index (κ3) is 3.62. The van der Waals surface area contributed by atoms with Gasteiger partial charge in [-0.05, 0) is 19.1 Å². The normalized spacial score (nSPS) is 18.8. The van der Waals surface area contributed by atoms with Gasteiger partial charge in [0, 0.05) is 26.2 Å². The van der Waals surface area contributed by atoms with Gasteiger partial charge in [-0.1, -0.05) is 18.2 Å². The first kappa shape index (κ1) is 13.7. The first-order valence-electron chi connectivity index (χ1n) is 6.42. The molecule has 1 fully saturated rings. The molecule has 0 aliphatic carbocycles. The molecule has 1 heterocycles. The molecule has 0 bridgehead atoms. The first-order chi connectivity index (χ1) is 9.20. The summed E-state index contributed by atoms with van der Waals surface area (Å²) in [5.74, 6) is -0.336. The molecular formula is C14H18N2O3. The Balaban J connectivity index is 1.83. The molecule has 1 aliphatic rings. The van der Waals surface area contributed by atoms with E-state index in [0.717, 1.165) is 19.4 Å². The van der Waals surface area contributed by atoms with E-state index >= 15 is 0 Å².